The average Bonchev–Trinajstić information content (AvgIpc) is 2.95. The van der Waals surface area contributed by atoms with E-state index >= 15 is 0 Å². The minimum Gasteiger partial charge on any atom is -0.497 e. The standard InChI is InChI=1S/C17H26N2O2.ClH/c1-12(9-13-5-3-7-15(10-13)21-2)19-17(20)16-8-4-6-14(16)11-18;/h3,5,7,10,12,14,16H,4,6,8-9,11,18H2,1-2H3,(H,19,20);1H/t12?,14-,16-;/m1./s1. The van der Waals surface area contributed by atoms with Crippen LogP contribution in [-0.4, -0.2) is 25.6 Å². The molecule has 3 atom stereocenters. The highest BCUT2D eigenvalue weighted by atomic mass is 35.5. The summed E-state index contributed by atoms with van der Waals surface area (Å²) in [4.78, 5) is 12.3. The van der Waals surface area contributed by atoms with Crippen molar-refractivity contribution in [3.63, 3.8) is 0 Å². The number of benzene rings is 1. The van der Waals surface area contributed by atoms with E-state index in [1.807, 2.05) is 25.1 Å². The fourth-order valence-electron chi connectivity index (χ4n) is 3.22. The van der Waals surface area contributed by atoms with Gasteiger partial charge in [0.25, 0.3) is 0 Å². The van der Waals surface area contributed by atoms with Crippen LogP contribution in [0.5, 0.6) is 5.75 Å². The molecule has 1 aromatic rings. The molecule has 1 aliphatic rings. The number of carbonyl (C=O) groups excluding carboxylic acids is 1. The van der Waals surface area contributed by atoms with Crippen LogP contribution >= 0.6 is 12.4 Å². The van der Waals surface area contributed by atoms with Crippen molar-refractivity contribution in [3.05, 3.63) is 29.8 Å². The van der Waals surface area contributed by atoms with Crippen LogP contribution in [0, 0.1) is 11.8 Å². The Kier molecular flexibility index (Phi) is 7.69. The number of halogens is 1. The number of methoxy groups -OCH3 is 1. The van der Waals surface area contributed by atoms with Gasteiger partial charge in [0.2, 0.25) is 5.91 Å². The molecule has 0 heterocycles. The molecule has 0 saturated heterocycles. The van der Waals surface area contributed by atoms with Gasteiger partial charge in [0.05, 0.1) is 7.11 Å². The molecule has 1 unspecified atom stereocenters. The van der Waals surface area contributed by atoms with E-state index in [0.717, 1.165) is 31.4 Å². The summed E-state index contributed by atoms with van der Waals surface area (Å²) in [6, 6.07) is 8.09. The maximum absolute atomic E-state index is 12.3. The lowest BCUT2D eigenvalue weighted by molar-refractivity contribution is -0.126. The summed E-state index contributed by atoms with van der Waals surface area (Å²) in [5.41, 5.74) is 6.92. The Balaban J connectivity index is 0.00000242. The zero-order valence-electron chi connectivity index (χ0n) is 13.4. The molecule has 1 aliphatic carbocycles. The lowest BCUT2D eigenvalue weighted by Crippen LogP contribution is -2.40. The normalized spacial score (nSPS) is 21.8. The summed E-state index contributed by atoms with van der Waals surface area (Å²) in [7, 11) is 1.66. The van der Waals surface area contributed by atoms with Crippen molar-refractivity contribution in [2.75, 3.05) is 13.7 Å². The van der Waals surface area contributed by atoms with Gasteiger partial charge in [-0.15, -0.1) is 12.4 Å². The molecule has 1 saturated carbocycles. The van der Waals surface area contributed by atoms with Crippen molar-refractivity contribution >= 4 is 18.3 Å². The molecular formula is C17H27ClN2O2. The molecule has 1 fully saturated rings. The Morgan fingerprint density at radius 1 is 1.45 bits per heavy atom. The van der Waals surface area contributed by atoms with Crippen LogP contribution in [0.2, 0.25) is 0 Å². The van der Waals surface area contributed by atoms with Crippen LogP contribution in [-0.2, 0) is 11.2 Å². The van der Waals surface area contributed by atoms with Gasteiger partial charge >= 0.3 is 0 Å². The lowest BCUT2D eigenvalue weighted by atomic mass is 9.95. The highest BCUT2D eigenvalue weighted by molar-refractivity contribution is 5.85. The summed E-state index contributed by atoms with van der Waals surface area (Å²) in [6.07, 6.45) is 3.98. The second-order valence-corrected chi connectivity index (χ2v) is 6.00. The van der Waals surface area contributed by atoms with E-state index in [9.17, 15) is 4.79 Å². The minimum absolute atomic E-state index is 0. The number of ether oxygens (including phenoxy) is 1. The first-order valence-corrected chi connectivity index (χ1v) is 7.77. The summed E-state index contributed by atoms with van der Waals surface area (Å²) >= 11 is 0. The van der Waals surface area contributed by atoms with Crippen molar-refractivity contribution < 1.29 is 9.53 Å². The zero-order chi connectivity index (χ0) is 15.2. The lowest BCUT2D eigenvalue weighted by Gasteiger charge is -2.21. The molecule has 0 aliphatic heterocycles. The van der Waals surface area contributed by atoms with Gasteiger partial charge in [0.15, 0.2) is 0 Å². The number of hydrogen-bond acceptors (Lipinski definition) is 3. The van der Waals surface area contributed by atoms with Crippen LogP contribution in [0.1, 0.15) is 31.7 Å². The van der Waals surface area contributed by atoms with Gasteiger partial charge in [-0.1, -0.05) is 18.6 Å². The van der Waals surface area contributed by atoms with Gasteiger partial charge in [-0.2, -0.15) is 0 Å². The molecule has 0 radical (unpaired) electrons. The van der Waals surface area contributed by atoms with Gasteiger partial charge < -0.3 is 15.8 Å². The SMILES string of the molecule is COc1cccc(CC(C)NC(=O)[C@@H]2CCC[C@@H]2CN)c1.Cl. The van der Waals surface area contributed by atoms with E-state index < -0.39 is 0 Å². The predicted octanol–water partition coefficient (Wildman–Crippen LogP) is 2.54. The van der Waals surface area contributed by atoms with Crippen LogP contribution in [0.4, 0.5) is 0 Å². The molecule has 4 nitrogen and oxygen atoms in total. The summed E-state index contributed by atoms with van der Waals surface area (Å²) < 4.78 is 5.23. The molecule has 3 N–H and O–H groups in total. The van der Waals surface area contributed by atoms with Crippen molar-refractivity contribution in [1.29, 1.82) is 0 Å². The fourth-order valence-corrected chi connectivity index (χ4v) is 3.22. The second kappa shape index (κ2) is 9.01. The van der Waals surface area contributed by atoms with E-state index in [-0.39, 0.29) is 30.3 Å². The van der Waals surface area contributed by atoms with E-state index in [1.54, 1.807) is 7.11 Å². The molecule has 2 rings (SSSR count). The Morgan fingerprint density at radius 2 is 2.23 bits per heavy atom. The number of carbonyl (C=O) groups is 1. The molecule has 22 heavy (non-hydrogen) atoms. The molecule has 0 aromatic heterocycles. The van der Waals surface area contributed by atoms with Crippen molar-refractivity contribution in [2.45, 2.75) is 38.6 Å². The maximum Gasteiger partial charge on any atom is 0.223 e. The number of rotatable bonds is 6. The minimum atomic E-state index is 0. The Bertz CT molecular complexity index is 481. The monoisotopic (exact) mass is 326 g/mol. The highest BCUT2D eigenvalue weighted by Gasteiger charge is 2.32. The average molecular weight is 327 g/mol. The van der Waals surface area contributed by atoms with Crippen molar-refractivity contribution in [1.82, 2.24) is 5.32 Å². The van der Waals surface area contributed by atoms with E-state index in [0.29, 0.717) is 12.5 Å². The third-order valence-electron chi connectivity index (χ3n) is 4.36. The van der Waals surface area contributed by atoms with Gasteiger partial charge in [0.1, 0.15) is 5.75 Å². The molecule has 0 bridgehead atoms. The number of hydrogen-bond donors (Lipinski definition) is 2. The molecule has 1 amide bonds. The van der Waals surface area contributed by atoms with Gasteiger partial charge in [-0.3, -0.25) is 4.79 Å². The van der Waals surface area contributed by atoms with Crippen molar-refractivity contribution in [2.24, 2.45) is 17.6 Å². The third kappa shape index (κ3) is 4.89. The quantitative estimate of drug-likeness (QED) is 0.844. The molecule has 124 valence electrons. The van der Waals surface area contributed by atoms with Crippen molar-refractivity contribution in [3.8, 4) is 5.75 Å². The van der Waals surface area contributed by atoms with Crippen LogP contribution in [0.3, 0.4) is 0 Å². The molecular weight excluding hydrogens is 300 g/mol. The van der Waals surface area contributed by atoms with Crippen LogP contribution in [0.25, 0.3) is 0 Å². The van der Waals surface area contributed by atoms with Gasteiger partial charge in [-0.25, -0.2) is 0 Å². The maximum atomic E-state index is 12.3. The first kappa shape index (κ1) is 18.8. The predicted molar refractivity (Wildman–Crippen MR) is 91.4 cm³/mol. The Hall–Kier alpha value is -1.26. The Morgan fingerprint density at radius 3 is 2.91 bits per heavy atom. The first-order chi connectivity index (χ1) is 10.1. The molecule has 0 spiro atoms. The van der Waals surface area contributed by atoms with Crippen LogP contribution in [0.15, 0.2) is 24.3 Å². The number of amides is 1. The third-order valence-corrected chi connectivity index (χ3v) is 4.36. The van der Waals surface area contributed by atoms with E-state index in [2.05, 4.69) is 11.4 Å². The first-order valence-electron chi connectivity index (χ1n) is 7.77. The van der Waals surface area contributed by atoms with Gasteiger partial charge in [0, 0.05) is 12.0 Å². The van der Waals surface area contributed by atoms with Gasteiger partial charge in [-0.05, 0) is 56.3 Å². The largest absolute Gasteiger partial charge is 0.497 e. The topological polar surface area (TPSA) is 64.3 Å². The summed E-state index contributed by atoms with van der Waals surface area (Å²) in [5, 5.41) is 3.14. The summed E-state index contributed by atoms with van der Waals surface area (Å²) in [5.74, 6) is 1.47. The number of nitrogens with one attached hydrogen (secondary N) is 1. The molecule has 1 aromatic carbocycles. The van der Waals surface area contributed by atoms with Crippen LogP contribution < -0.4 is 15.8 Å². The fraction of sp³-hybridized carbons (Fsp3) is 0.588. The number of nitrogens with two attached hydrogens (primary N) is 1. The molecule has 5 heteroatoms. The highest BCUT2D eigenvalue weighted by Crippen LogP contribution is 2.31. The summed E-state index contributed by atoms with van der Waals surface area (Å²) in [6.45, 7) is 2.66. The zero-order valence-corrected chi connectivity index (χ0v) is 14.2. The Labute approximate surface area is 139 Å². The van der Waals surface area contributed by atoms with E-state index in [1.165, 1.54) is 5.56 Å². The second-order valence-electron chi connectivity index (χ2n) is 6.00. The smallest absolute Gasteiger partial charge is 0.223 e. The van der Waals surface area contributed by atoms with E-state index in [4.69, 9.17) is 10.5 Å².